The highest BCUT2D eigenvalue weighted by Crippen LogP contribution is 2.59. The van der Waals surface area contributed by atoms with E-state index in [0.717, 1.165) is 100 Å². The van der Waals surface area contributed by atoms with Gasteiger partial charge in [0.05, 0.1) is 0 Å². The van der Waals surface area contributed by atoms with Crippen LogP contribution in [0.5, 0.6) is 0 Å². The lowest BCUT2D eigenvalue weighted by molar-refractivity contribution is 0.550. The zero-order valence-electron chi connectivity index (χ0n) is 80.0. The molecule has 0 N–H and O–H groups in total. The van der Waals surface area contributed by atoms with Crippen LogP contribution in [0.25, 0.3) is 214 Å². The van der Waals surface area contributed by atoms with Crippen LogP contribution in [-0.2, 0) is 16.2 Å². The van der Waals surface area contributed by atoms with Gasteiger partial charge in [0, 0.05) is 66.3 Å². The molecule has 0 bridgehead atoms. The minimum absolute atomic E-state index is 0.0782. The van der Waals surface area contributed by atoms with Crippen molar-refractivity contribution in [2.75, 3.05) is 0 Å². The SMILES string of the molecule is CC1(C)c2ccccc2-c2ccc(-c3cc(-c4ccc(-c5ccccc5)cc4)cc(-c4nc(-c5ccccc5)nc(-c5ccccc5)n4)c3)cc21.CC1(C)c2ccccc2-c2ccc(-c3cc(-c4ccccc4)cc(-c4nc(-c5ccccc5)nc(-c5ccccc5)n4)c3)cc21.c1ccc(-c2cc(-c3ccc4c(c3)C3(CCCC3)c3ccccc3-4)cc(-c3nc(-c4ccccc4)nc(-c4ccccc4)n3)c2)cc1. The van der Waals surface area contributed by atoms with Crippen LogP contribution in [0.3, 0.4) is 0 Å². The van der Waals surface area contributed by atoms with Crippen LogP contribution >= 0.6 is 0 Å². The summed E-state index contributed by atoms with van der Waals surface area (Å²) in [5, 5.41) is 0. The van der Waals surface area contributed by atoms with Crippen molar-refractivity contribution in [3.05, 3.63) is 513 Å². The Hall–Kier alpha value is -17.8. The molecule has 22 aromatic rings. The maximum atomic E-state index is 5.11. The fourth-order valence-electron chi connectivity index (χ4n) is 21.7. The molecule has 3 aromatic heterocycles. The summed E-state index contributed by atoms with van der Waals surface area (Å²) in [5.74, 6) is 5.89. The van der Waals surface area contributed by atoms with Gasteiger partial charge in [-0.1, -0.05) is 447 Å². The Kier molecular flexibility index (Phi) is 23.1. The quantitative estimate of drug-likeness (QED) is 0.0932. The van der Waals surface area contributed by atoms with Crippen LogP contribution in [0.2, 0.25) is 0 Å². The van der Waals surface area contributed by atoms with E-state index < -0.39 is 0 Å². The highest BCUT2D eigenvalue weighted by Gasteiger charge is 2.45. The molecule has 3 heterocycles. The molecule has 1 saturated carbocycles. The van der Waals surface area contributed by atoms with Crippen molar-refractivity contribution in [3.8, 4) is 214 Å². The number of hydrogen-bond acceptors (Lipinski definition) is 9. The summed E-state index contributed by atoms with van der Waals surface area (Å²) in [6.07, 6.45) is 4.98. The number of hydrogen-bond donors (Lipinski definition) is 0. The van der Waals surface area contributed by atoms with Crippen LogP contribution in [-0.4, -0.2) is 44.9 Å². The largest absolute Gasteiger partial charge is 0.208 e. The summed E-state index contributed by atoms with van der Waals surface area (Å²) >= 11 is 0. The predicted molar refractivity (Wildman–Crippen MR) is 586 cm³/mol. The molecular weight excluding hydrogens is 1740 g/mol. The molecule has 4 aliphatic carbocycles. The number of nitrogens with zero attached hydrogens (tertiary/aromatic N) is 9. The van der Waals surface area contributed by atoms with Crippen molar-refractivity contribution in [2.45, 2.75) is 69.6 Å². The molecule has 26 rings (SSSR count). The van der Waals surface area contributed by atoms with Crippen molar-refractivity contribution in [1.82, 2.24) is 44.9 Å². The van der Waals surface area contributed by atoms with E-state index in [9.17, 15) is 0 Å². The monoisotopic (exact) mass is 1830 g/mol. The minimum Gasteiger partial charge on any atom is -0.208 e. The Bertz CT molecular complexity index is 8340. The van der Waals surface area contributed by atoms with Gasteiger partial charge >= 0.3 is 0 Å². The smallest absolute Gasteiger partial charge is 0.164 e. The van der Waals surface area contributed by atoms with E-state index in [1.165, 1.54) is 120 Å². The van der Waals surface area contributed by atoms with Gasteiger partial charge in [-0.3, -0.25) is 0 Å². The van der Waals surface area contributed by atoms with Crippen molar-refractivity contribution in [3.63, 3.8) is 0 Å². The van der Waals surface area contributed by atoms with Gasteiger partial charge in [0.15, 0.2) is 52.4 Å². The molecule has 19 aromatic carbocycles. The molecule has 0 amide bonds. The number of rotatable bonds is 16. The summed E-state index contributed by atoms with van der Waals surface area (Å²) < 4.78 is 0. The fraction of sp³-hybridized carbons (Fsp3) is 0.0821. The molecule has 0 unspecified atom stereocenters. The molecule has 0 radical (unpaired) electrons. The van der Waals surface area contributed by atoms with Crippen LogP contribution < -0.4 is 0 Å². The lowest BCUT2D eigenvalue weighted by atomic mass is 9.76. The van der Waals surface area contributed by atoms with E-state index >= 15 is 0 Å². The first kappa shape index (κ1) is 87.9. The van der Waals surface area contributed by atoms with Crippen LogP contribution in [0.1, 0.15) is 86.8 Å². The topological polar surface area (TPSA) is 116 Å². The second kappa shape index (κ2) is 37.5. The summed E-state index contributed by atoms with van der Waals surface area (Å²) in [6.45, 7) is 9.32. The van der Waals surface area contributed by atoms with Crippen molar-refractivity contribution < 1.29 is 0 Å². The van der Waals surface area contributed by atoms with Gasteiger partial charge in [-0.05, 0) is 230 Å². The standard InChI is InChI=1S/C48H35N3.C44H33N3.C42H31N3/c1-48(2)43-21-13-12-20-41(43)42-27-26-37(31-44(42)48)39-28-38(34-24-22-33(23-25-34)32-14-6-3-7-15-32)29-40(30-39)47-50-45(35-16-8-4-9-17-35)49-46(51-47)36-18-10-5-11-19-36;1-4-14-30(15-5-1)34-26-35(33-22-23-38-37-20-10-11-21-39(37)44(40(38)29-33)24-12-13-25-44)28-36(27-34)43-46-41(31-16-6-2-7-17-31)45-42(47-43)32-18-8-3-9-19-32;1-42(2)37-21-13-12-20-35(37)36-23-22-31(27-38(36)42)33-24-32(28-14-6-3-7-15-28)25-34(26-33)41-44-39(29-16-8-4-9-17-29)43-40(45-41)30-18-10-5-11-19-30/h3-31H,1-2H3;1-11,14-23,26-29H,12-13,24-25H2;3-27H,1-2H3. The first-order valence-electron chi connectivity index (χ1n) is 49.4. The molecular formula is C134H99N9. The Morgan fingerprint density at radius 3 is 0.587 bits per heavy atom. The van der Waals surface area contributed by atoms with Crippen molar-refractivity contribution >= 4 is 0 Å². The van der Waals surface area contributed by atoms with E-state index in [1.807, 2.05) is 158 Å². The van der Waals surface area contributed by atoms with E-state index in [0.29, 0.717) is 52.4 Å². The Morgan fingerprint density at radius 1 is 0.133 bits per heavy atom. The average Bonchev–Trinajstić information content (AvgIpc) is 1.56. The molecule has 9 nitrogen and oxygen atoms in total. The highest BCUT2D eigenvalue weighted by atomic mass is 15.1. The third-order valence-electron chi connectivity index (χ3n) is 29.1. The van der Waals surface area contributed by atoms with Gasteiger partial charge in [-0.15, -0.1) is 0 Å². The van der Waals surface area contributed by atoms with Crippen LogP contribution in [0, 0.1) is 0 Å². The second-order valence-corrected chi connectivity index (χ2v) is 38.6. The maximum Gasteiger partial charge on any atom is 0.164 e. The van der Waals surface area contributed by atoms with Crippen LogP contribution in [0.15, 0.2) is 479 Å². The number of fused-ring (bicyclic) bond motifs is 11. The maximum absolute atomic E-state index is 5.11. The van der Waals surface area contributed by atoms with E-state index in [-0.39, 0.29) is 16.2 Å². The van der Waals surface area contributed by atoms with Gasteiger partial charge < -0.3 is 0 Å². The van der Waals surface area contributed by atoms with Gasteiger partial charge in [-0.2, -0.15) is 0 Å². The van der Waals surface area contributed by atoms with E-state index in [2.05, 4.69) is 349 Å². The van der Waals surface area contributed by atoms with Gasteiger partial charge in [0.1, 0.15) is 0 Å². The molecule has 4 aliphatic rings. The molecule has 0 saturated heterocycles. The molecule has 143 heavy (non-hydrogen) atoms. The molecule has 1 fully saturated rings. The molecule has 0 aliphatic heterocycles. The molecule has 9 heteroatoms. The molecule has 680 valence electrons. The highest BCUT2D eigenvalue weighted by molar-refractivity contribution is 5.92. The fourth-order valence-corrected chi connectivity index (χ4v) is 21.7. The van der Waals surface area contributed by atoms with Crippen molar-refractivity contribution in [1.29, 1.82) is 0 Å². The van der Waals surface area contributed by atoms with Gasteiger partial charge in [0.25, 0.3) is 0 Å². The number of aromatic nitrogens is 9. The summed E-state index contributed by atoms with van der Waals surface area (Å²) in [4.78, 5) is 45.3. The minimum atomic E-state index is -0.0982. The zero-order valence-corrected chi connectivity index (χ0v) is 80.0. The second-order valence-electron chi connectivity index (χ2n) is 38.6. The third kappa shape index (κ3) is 17.1. The van der Waals surface area contributed by atoms with E-state index in [4.69, 9.17) is 44.9 Å². The predicted octanol–water partition coefficient (Wildman–Crippen LogP) is 33.7. The van der Waals surface area contributed by atoms with Crippen molar-refractivity contribution in [2.24, 2.45) is 0 Å². The number of benzene rings is 19. The van der Waals surface area contributed by atoms with Gasteiger partial charge in [0.2, 0.25) is 0 Å². The van der Waals surface area contributed by atoms with Gasteiger partial charge in [-0.25, -0.2) is 44.9 Å². The summed E-state index contributed by atoms with van der Waals surface area (Å²) in [5.41, 5.74) is 41.2. The Balaban J connectivity index is 0.000000116. The normalized spacial score (nSPS) is 13.2. The molecule has 0 atom stereocenters. The summed E-state index contributed by atoms with van der Waals surface area (Å²) in [7, 11) is 0. The van der Waals surface area contributed by atoms with E-state index in [1.54, 1.807) is 0 Å². The lowest BCUT2D eigenvalue weighted by Crippen LogP contribution is -2.20. The third-order valence-corrected chi connectivity index (χ3v) is 29.1. The Labute approximate surface area is 835 Å². The van der Waals surface area contributed by atoms with Crippen LogP contribution in [0.4, 0.5) is 0 Å². The first-order valence-corrected chi connectivity index (χ1v) is 49.4. The lowest BCUT2D eigenvalue weighted by Gasteiger charge is -2.27. The zero-order chi connectivity index (χ0) is 96.0. The average molecular weight is 1840 g/mol. The summed E-state index contributed by atoms with van der Waals surface area (Å²) in [6, 6.07) is 169. The molecule has 1 spiro atoms. The first-order chi connectivity index (χ1) is 70.3. The Morgan fingerprint density at radius 2 is 0.308 bits per heavy atom.